The van der Waals surface area contributed by atoms with Crippen LogP contribution in [0.25, 0.3) is 0 Å². The van der Waals surface area contributed by atoms with Gasteiger partial charge in [0.2, 0.25) is 0 Å². The molecule has 1 saturated heterocycles. The number of aromatic nitrogens is 2. The van der Waals surface area contributed by atoms with Gasteiger partial charge in [-0.3, -0.25) is 4.79 Å². The number of benzene rings is 1. The first kappa shape index (κ1) is 14.7. The lowest BCUT2D eigenvalue weighted by molar-refractivity contribution is 0.0918. The fourth-order valence-electron chi connectivity index (χ4n) is 2.73. The molecule has 1 aliphatic rings. The maximum atomic E-state index is 12.4. The number of carbonyl (C=O) groups is 1. The van der Waals surface area contributed by atoms with Crippen LogP contribution in [-0.4, -0.2) is 29.4 Å². The molecule has 116 valence electrons. The highest BCUT2D eigenvalue weighted by atomic mass is 16.6. The van der Waals surface area contributed by atoms with Crippen LogP contribution in [-0.2, 0) is 4.74 Å². The van der Waals surface area contributed by atoms with Gasteiger partial charge in [-0.25, -0.2) is 4.63 Å². The summed E-state index contributed by atoms with van der Waals surface area (Å²) in [5.41, 5.74) is 1.81. The SMILES string of the molecule is Cc1nonc1C(=O)N[C@@H](C[C@H]1CCOC1)c1ccccc1. The number of amides is 1. The van der Waals surface area contributed by atoms with Crippen LogP contribution in [0.4, 0.5) is 0 Å². The second-order valence-electron chi connectivity index (χ2n) is 5.60. The lowest BCUT2D eigenvalue weighted by atomic mass is 9.94. The second-order valence-corrected chi connectivity index (χ2v) is 5.60. The summed E-state index contributed by atoms with van der Waals surface area (Å²) in [7, 11) is 0. The summed E-state index contributed by atoms with van der Waals surface area (Å²) in [6.45, 7) is 3.25. The predicted octanol–water partition coefficient (Wildman–Crippen LogP) is 2.28. The third-order valence-corrected chi connectivity index (χ3v) is 3.97. The third kappa shape index (κ3) is 3.33. The molecule has 22 heavy (non-hydrogen) atoms. The van der Waals surface area contributed by atoms with Gasteiger partial charge >= 0.3 is 0 Å². The minimum atomic E-state index is -0.258. The number of hydrogen-bond donors (Lipinski definition) is 1. The van der Waals surface area contributed by atoms with Gasteiger partial charge in [0.25, 0.3) is 5.91 Å². The maximum Gasteiger partial charge on any atom is 0.275 e. The predicted molar refractivity (Wildman–Crippen MR) is 79.2 cm³/mol. The van der Waals surface area contributed by atoms with Crippen molar-refractivity contribution >= 4 is 5.91 Å². The average Bonchev–Trinajstić information content (AvgIpc) is 3.19. The van der Waals surface area contributed by atoms with Crippen molar-refractivity contribution in [2.24, 2.45) is 5.92 Å². The molecule has 0 unspecified atom stereocenters. The van der Waals surface area contributed by atoms with Gasteiger partial charge in [-0.15, -0.1) is 0 Å². The molecule has 2 atom stereocenters. The molecule has 0 saturated carbocycles. The second kappa shape index (κ2) is 6.70. The van der Waals surface area contributed by atoms with Crippen molar-refractivity contribution in [3.05, 3.63) is 47.3 Å². The van der Waals surface area contributed by atoms with Crippen LogP contribution in [0.15, 0.2) is 35.0 Å². The van der Waals surface area contributed by atoms with Crippen LogP contribution in [0, 0.1) is 12.8 Å². The van der Waals surface area contributed by atoms with E-state index in [0.29, 0.717) is 11.6 Å². The van der Waals surface area contributed by atoms with Gasteiger partial charge in [0.15, 0.2) is 5.69 Å². The van der Waals surface area contributed by atoms with Crippen molar-refractivity contribution in [3.63, 3.8) is 0 Å². The zero-order chi connectivity index (χ0) is 15.4. The molecule has 1 N–H and O–H groups in total. The number of aryl methyl sites for hydroxylation is 1. The normalized spacial score (nSPS) is 19.0. The van der Waals surface area contributed by atoms with Gasteiger partial charge in [-0.2, -0.15) is 0 Å². The minimum absolute atomic E-state index is 0.0727. The molecule has 0 aliphatic carbocycles. The van der Waals surface area contributed by atoms with Crippen LogP contribution in [0.2, 0.25) is 0 Å². The van der Waals surface area contributed by atoms with E-state index >= 15 is 0 Å². The van der Waals surface area contributed by atoms with E-state index < -0.39 is 0 Å². The van der Waals surface area contributed by atoms with E-state index in [9.17, 15) is 4.79 Å². The fraction of sp³-hybridized carbons (Fsp3) is 0.438. The van der Waals surface area contributed by atoms with Crippen molar-refractivity contribution in [1.29, 1.82) is 0 Å². The van der Waals surface area contributed by atoms with Crippen LogP contribution >= 0.6 is 0 Å². The van der Waals surface area contributed by atoms with Gasteiger partial charge in [0.1, 0.15) is 5.69 Å². The Balaban J connectivity index is 1.76. The fourth-order valence-corrected chi connectivity index (χ4v) is 2.73. The summed E-state index contributed by atoms with van der Waals surface area (Å²) in [5.74, 6) is 0.202. The quantitative estimate of drug-likeness (QED) is 0.916. The number of rotatable bonds is 5. The number of hydrogen-bond acceptors (Lipinski definition) is 5. The van der Waals surface area contributed by atoms with Crippen molar-refractivity contribution in [2.45, 2.75) is 25.8 Å². The topological polar surface area (TPSA) is 77.2 Å². The highest BCUT2D eigenvalue weighted by molar-refractivity contribution is 5.93. The Morgan fingerprint density at radius 1 is 1.36 bits per heavy atom. The summed E-state index contributed by atoms with van der Waals surface area (Å²) >= 11 is 0. The molecular formula is C16H19N3O3. The Hall–Kier alpha value is -2.21. The van der Waals surface area contributed by atoms with E-state index in [1.807, 2.05) is 30.3 Å². The first-order valence-corrected chi connectivity index (χ1v) is 7.46. The first-order valence-electron chi connectivity index (χ1n) is 7.46. The molecule has 2 heterocycles. The smallest absolute Gasteiger partial charge is 0.275 e. The monoisotopic (exact) mass is 301 g/mol. The van der Waals surface area contributed by atoms with Crippen molar-refractivity contribution < 1.29 is 14.2 Å². The zero-order valence-corrected chi connectivity index (χ0v) is 12.5. The molecule has 3 rings (SSSR count). The van der Waals surface area contributed by atoms with Crippen molar-refractivity contribution in [2.75, 3.05) is 13.2 Å². The highest BCUT2D eigenvalue weighted by Crippen LogP contribution is 2.26. The van der Waals surface area contributed by atoms with E-state index in [4.69, 9.17) is 4.74 Å². The van der Waals surface area contributed by atoms with Gasteiger partial charge in [0.05, 0.1) is 6.04 Å². The summed E-state index contributed by atoms with van der Waals surface area (Å²) in [4.78, 5) is 12.4. The first-order chi connectivity index (χ1) is 10.7. The van der Waals surface area contributed by atoms with E-state index in [1.165, 1.54) is 0 Å². The standard InChI is InChI=1S/C16H19N3O3/c1-11-15(19-22-18-11)16(20)17-14(9-12-7-8-21-10-12)13-5-3-2-4-6-13/h2-6,12,14H,7-10H2,1H3,(H,17,20)/t12-,14+/m1/s1. The number of nitrogens with zero attached hydrogens (tertiary/aromatic N) is 2. The Morgan fingerprint density at radius 2 is 2.18 bits per heavy atom. The average molecular weight is 301 g/mol. The zero-order valence-electron chi connectivity index (χ0n) is 12.5. The van der Waals surface area contributed by atoms with Crippen LogP contribution in [0.1, 0.15) is 40.6 Å². The Bertz CT molecular complexity index is 621. The molecule has 1 aliphatic heterocycles. The molecule has 6 heteroatoms. The summed E-state index contributed by atoms with van der Waals surface area (Å²) in [6.07, 6.45) is 1.88. The highest BCUT2D eigenvalue weighted by Gasteiger charge is 2.25. The van der Waals surface area contributed by atoms with E-state index in [-0.39, 0.29) is 17.6 Å². The molecular weight excluding hydrogens is 282 g/mol. The third-order valence-electron chi connectivity index (χ3n) is 3.97. The summed E-state index contributed by atoms with van der Waals surface area (Å²) in [5, 5.41) is 10.4. The molecule has 2 aromatic rings. The van der Waals surface area contributed by atoms with E-state index in [0.717, 1.165) is 31.6 Å². The van der Waals surface area contributed by atoms with Crippen molar-refractivity contribution in [1.82, 2.24) is 15.6 Å². The number of carbonyl (C=O) groups excluding carboxylic acids is 1. The molecule has 6 nitrogen and oxygen atoms in total. The van der Waals surface area contributed by atoms with Crippen molar-refractivity contribution in [3.8, 4) is 0 Å². The maximum absolute atomic E-state index is 12.4. The van der Waals surface area contributed by atoms with Gasteiger partial charge < -0.3 is 10.1 Å². The van der Waals surface area contributed by atoms with Crippen LogP contribution in [0.5, 0.6) is 0 Å². The molecule has 0 radical (unpaired) electrons. The van der Waals surface area contributed by atoms with Gasteiger partial charge in [-0.1, -0.05) is 35.5 Å². The minimum Gasteiger partial charge on any atom is -0.381 e. The number of ether oxygens (including phenoxy) is 1. The Labute approximate surface area is 128 Å². The molecule has 1 amide bonds. The molecule has 1 aromatic heterocycles. The molecule has 1 aromatic carbocycles. The Kier molecular flexibility index (Phi) is 4.48. The van der Waals surface area contributed by atoms with Crippen LogP contribution in [0.3, 0.4) is 0 Å². The lowest BCUT2D eigenvalue weighted by Gasteiger charge is -2.21. The van der Waals surface area contributed by atoms with E-state index in [1.54, 1.807) is 6.92 Å². The van der Waals surface area contributed by atoms with Gasteiger partial charge in [0, 0.05) is 13.2 Å². The molecule has 0 spiro atoms. The summed E-state index contributed by atoms with van der Waals surface area (Å²) < 4.78 is 10.0. The summed E-state index contributed by atoms with van der Waals surface area (Å²) in [6, 6.07) is 9.89. The Morgan fingerprint density at radius 3 is 2.82 bits per heavy atom. The van der Waals surface area contributed by atoms with Crippen LogP contribution < -0.4 is 5.32 Å². The lowest BCUT2D eigenvalue weighted by Crippen LogP contribution is -2.31. The van der Waals surface area contributed by atoms with Gasteiger partial charge in [-0.05, 0) is 36.4 Å². The number of nitrogens with one attached hydrogen (secondary N) is 1. The molecule has 0 bridgehead atoms. The van der Waals surface area contributed by atoms with E-state index in [2.05, 4.69) is 20.3 Å². The molecule has 1 fully saturated rings. The largest absolute Gasteiger partial charge is 0.381 e.